The summed E-state index contributed by atoms with van der Waals surface area (Å²) in [5.74, 6) is 0.793. The van der Waals surface area contributed by atoms with E-state index in [1.807, 2.05) is 244 Å². The van der Waals surface area contributed by atoms with Crippen LogP contribution < -0.4 is 43.4 Å². The number of nitrogens with zero attached hydrogens (tertiary/aromatic N) is 5. The van der Waals surface area contributed by atoms with Crippen LogP contribution in [0.25, 0.3) is 43.4 Å². The van der Waals surface area contributed by atoms with Crippen LogP contribution in [0, 0.1) is 0 Å². The van der Waals surface area contributed by atoms with Crippen molar-refractivity contribution < 1.29 is 43.1 Å². The third-order valence-corrected chi connectivity index (χ3v) is 21.3. The van der Waals surface area contributed by atoms with Crippen LogP contribution in [0.4, 0.5) is 22.1 Å². The Morgan fingerprint density at radius 1 is 0.402 bits per heavy atom. The number of nitrogens with two attached hydrogens (primary N) is 2. The highest BCUT2D eigenvalue weighted by molar-refractivity contribution is 7.17. The van der Waals surface area contributed by atoms with Gasteiger partial charge in [-0.25, -0.2) is 14.8 Å². The van der Waals surface area contributed by atoms with Gasteiger partial charge in [0.1, 0.15) is 12.4 Å². The number of pyridine rings is 3. The van der Waals surface area contributed by atoms with Gasteiger partial charge in [-0.05, 0) is 139 Å². The average Bonchev–Trinajstić information content (AvgIpc) is 1.24. The van der Waals surface area contributed by atoms with Gasteiger partial charge in [0.15, 0.2) is 17.3 Å². The highest BCUT2D eigenvalue weighted by Gasteiger charge is 2.16. The molecule has 5 heterocycles. The zero-order chi connectivity index (χ0) is 89.3. The molecule has 4 amide bonds. The van der Waals surface area contributed by atoms with Crippen LogP contribution in [0.5, 0.6) is 0 Å². The number of nitrogen functional groups attached to an aromatic ring is 2. The van der Waals surface area contributed by atoms with E-state index in [1.54, 1.807) is 62.3 Å². The summed E-state index contributed by atoms with van der Waals surface area (Å²) in [6.07, 6.45) is 13.1. The highest BCUT2D eigenvalue weighted by atomic mass is 32.1. The van der Waals surface area contributed by atoms with Gasteiger partial charge in [-0.15, -0.1) is 11.3 Å². The number of anilines is 3. The van der Waals surface area contributed by atoms with Gasteiger partial charge in [0.05, 0.1) is 21.1 Å². The lowest BCUT2D eigenvalue weighted by Gasteiger charge is -2.08. The smallest absolute Gasteiger partial charge is 0.407 e. The minimum absolute atomic E-state index is 0.00621. The van der Waals surface area contributed by atoms with Gasteiger partial charge in [-0.3, -0.25) is 48.5 Å². The number of hydrogen-bond acceptors (Lipinski definition) is 19. The first-order valence-corrected chi connectivity index (χ1v) is 42.6. The van der Waals surface area contributed by atoms with Crippen LogP contribution in [-0.4, -0.2) is 85.5 Å². The van der Waals surface area contributed by atoms with Crippen LogP contribution in [0.15, 0.2) is 328 Å². The topological polar surface area (TPSA) is 334 Å². The maximum Gasteiger partial charge on any atom is 0.407 e. The molecule has 0 fully saturated rings. The Hall–Kier alpha value is -15.3. The number of benzene rings is 10. The Morgan fingerprint density at radius 2 is 0.937 bits per heavy atom. The fourth-order valence-corrected chi connectivity index (χ4v) is 13.9. The summed E-state index contributed by atoms with van der Waals surface area (Å²) in [7, 11) is 1.64. The van der Waals surface area contributed by atoms with Crippen LogP contribution in [0.1, 0.15) is 141 Å². The van der Waals surface area contributed by atoms with Crippen molar-refractivity contribution in [3.63, 3.8) is 0 Å². The third kappa shape index (κ3) is 30.0. The number of thiophene rings is 1. The van der Waals surface area contributed by atoms with Gasteiger partial charge in [-0.2, -0.15) is 0 Å². The Morgan fingerprint density at radius 3 is 1.53 bits per heavy atom. The van der Waals surface area contributed by atoms with Crippen molar-refractivity contribution in [1.82, 2.24) is 51.5 Å². The molecule has 0 radical (unpaired) electrons. The molecule has 22 nitrogen and oxygen atoms in total. The molecule has 127 heavy (non-hydrogen) atoms. The Labute approximate surface area is 743 Å². The maximum absolute atomic E-state index is 12.5. The van der Waals surface area contributed by atoms with Crippen LogP contribution in [0.2, 0.25) is 0 Å². The summed E-state index contributed by atoms with van der Waals surface area (Å²) >= 11 is 1.45. The van der Waals surface area contributed by atoms with Gasteiger partial charge in [0, 0.05) is 167 Å². The van der Waals surface area contributed by atoms with Crippen molar-refractivity contribution in [2.45, 2.75) is 98.1 Å². The van der Waals surface area contributed by atoms with E-state index in [-0.39, 0.29) is 53.9 Å². The summed E-state index contributed by atoms with van der Waals surface area (Å²) in [6, 6.07) is 92.2. The lowest BCUT2D eigenvalue weighted by molar-refractivity contribution is -0.121. The summed E-state index contributed by atoms with van der Waals surface area (Å²) < 4.78 is 5.13. The second-order valence-electron chi connectivity index (χ2n) is 29.4. The standard InChI is InChI=1S/C24H21N5O.C22H21N3O3.C21H19NO2.C19H19N3OS.C18H21NO2/c25-21-6-2-1-4-19(21)14-23(30)18-9-7-17(8-10-18)15-28-24-27-13-11-22(29-24)20-5-3-12-26-16-20;23-20-6-2-1-5-19(20)12-21(26)18-9-7-16(8-10-18)14-25-22(27)28-15-17-4-3-11-24-13-17;1-2-20(23)17-9-7-15(8-10-17)14-22-21(24)19-12-11-16-5-3-4-6-18(16)13-19;1-20-19(23)18-10-9-17(24-18)16-8-7-15(13-22-16)12-21-11-14-5-3-2-4-6-14;1-2-18(21)19-11-5-8-17(20)13-14-9-10-15-6-3-4-7-16(15)12-14/h1-13,16H,14-15,25H2,(H,27,28,29);1-11,13H,12,14-15,23H2,(H,25,27);3-13H,2,14H2,1H3,(H,22,24);2-10,13,21H,11-12H2,1H3,(H,20,23);3-4,6-7,9-10,12H,2,5,8,11,13H2,1H3,(H,19,21). The van der Waals surface area contributed by atoms with E-state index in [0.29, 0.717) is 109 Å². The maximum atomic E-state index is 12.5. The Balaban J connectivity index is 0.000000155. The molecular formula is C104H101N13O9S. The van der Waals surface area contributed by atoms with Crippen molar-refractivity contribution in [3.05, 3.63) is 406 Å². The molecular weight excluding hydrogens is 1610 g/mol. The molecule has 10 N–H and O–H groups in total. The molecule has 0 atom stereocenters. The van der Waals surface area contributed by atoms with Crippen molar-refractivity contribution in [3.8, 4) is 21.8 Å². The molecule has 0 aliphatic heterocycles. The first-order chi connectivity index (χ1) is 61.9. The fraction of sp³-hybridized carbons (Fsp3) is 0.163. The third-order valence-electron chi connectivity index (χ3n) is 20.1. The van der Waals surface area contributed by atoms with Gasteiger partial charge >= 0.3 is 6.09 Å². The summed E-state index contributed by atoms with van der Waals surface area (Å²) in [4.78, 5) is 118. The molecule has 0 saturated carbocycles. The number of ketones is 4. The fourth-order valence-electron chi connectivity index (χ4n) is 13.0. The van der Waals surface area contributed by atoms with Crippen molar-refractivity contribution >= 4 is 97.2 Å². The minimum atomic E-state index is -0.511. The molecule has 15 rings (SSSR count). The molecule has 0 saturated heterocycles. The lowest BCUT2D eigenvalue weighted by atomic mass is 10.0. The lowest BCUT2D eigenvalue weighted by Crippen LogP contribution is -2.23. The van der Waals surface area contributed by atoms with E-state index in [0.717, 1.165) is 95.6 Å². The van der Waals surface area contributed by atoms with Gasteiger partial charge in [-0.1, -0.05) is 238 Å². The van der Waals surface area contributed by atoms with E-state index in [9.17, 15) is 38.4 Å². The molecule has 10 aromatic carbocycles. The SMILES string of the molecule is CCC(=O)NCCCC(=O)Cc1ccc2ccccc2c1.CCC(=O)c1ccc(CNC(=O)c2ccc3ccccc3c2)cc1.CNC(=O)c1ccc(-c2ccc(CNCc3ccccc3)cn2)s1.Nc1ccccc1CC(=O)c1ccc(CNC(=O)OCc2cccnc2)cc1.Nc1ccccc1CC(=O)c1ccc(CNc2nccc(-c3cccnc3)n2)cc1. The van der Waals surface area contributed by atoms with Gasteiger partial charge < -0.3 is 48.1 Å². The molecule has 0 aliphatic rings. The van der Waals surface area contributed by atoms with E-state index >= 15 is 0 Å². The molecule has 0 unspecified atom stereocenters. The summed E-state index contributed by atoms with van der Waals surface area (Å²) in [5, 5.41) is 22.2. The second kappa shape index (κ2) is 49.1. The zero-order valence-electron chi connectivity index (χ0n) is 71.0. The number of rotatable bonds is 32. The number of carbonyl (C=O) groups excluding carboxylic acids is 8. The van der Waals surface area contributed by atoms with E-state index in [1.165, 1.54) is 22.3 Å². The number of fused-ring (bicyclic) bond motifs is 2. The van der Waals surface area contributed by atoms with Crippen molar-refractivity contribution in [2.24, 2.45) is 0 Å². The first-order valence-electron chi connectivity index (χ1n) is 41.8. The number of nitrogens with one attached hydrogen (secondary N) is 6. The number of para-hydroxylation sites is 2. The number of amides is 4. The zero-order valence-corrected chi connectivity index (χ0v) is 71.9. The molecule has 642 valence electrons. The van der Waals surface area contributed by atoms with Crippen molar-refractivity contribution in [1.29, 1.82) is 0 Å². The molecule has 0 bridgehead atoms. The highest BCUT2D eigenvalue weighted by Crippen LogP contribution is 2.28. The monoisotopic (exact) mass is 1710 g/mol. The van der Waals surface area contributed by atoms with Crippen LogP contribution in [0.3, 0.4) is 0 Å². The number of aromatic nitrogens is 5. The minimum Gasteiger partial charge on any atom is -0.445 e. The largest absolute Gasteiger partial charge is 0.445 e. The molecule has 0 aliphatic carbocycles. The van der Waals surface area contributed by atoms with Crippen LogP contribution >= 0.6 is 11.3 Å². The Bertz CT molecular complexity index is 6130. The van der Waals surface area contributed by atoms with Gasteiger partial charge in [0.2, 0.25) is 11.9 Å². The van der Waals surface area contributed by atoms with E-state index in [2.05, 4.69) is 99.3 Å². The quantitative estimate of drug-likeness (QED) is 0.0110. The molecule has 0 spiro atoms. The number of ether oxygens (including phenoxy) is 1. The predicted octanol–water partition coefficient (Wildman–Crippen LogP) is 18.8. The van der Waals surface area contributed by atoms with Gasteiger partial charge in [0.25, 0.3) is 11.8 Å². The number of alkyl carbamates (subject to hydrolysis) is 1. The summed E-state index contributed by atoms with van der Waals surface area (Å²) in [6.45, 7) is 7.32. The second-order valence-corrected chi connectivity index (χ2v) is 30.5. The van der Waals surface area contributed by atoms with E-state index in [4.69, 9.17) is 16.2 Å². The number of hydrogen-bond donors (Lipinski definition) is 8. The summed E-state index contributed by atoms with van der Waals surface area (Å²) in [5.41, 5.74) is 27.1. The first kappa shape index (κ1) is 92.4. The van der Waals surface area contributed by atoms with E-state index < -0.39 is 6.09 Å². The number of Topliss-reactive ketones (excluding diaryl/α,β-unsaturated/α-hetero) is 4. The Kier molecular flexibility index (Phi) is 35.7. The normalized spacial score (nSPS) is 10.5. The average molecular weight is 1710 g/mol. The predicted molar refractivity (Wildman–Crippen MR) is 504 cm³/mol. The number of carbonyl (C=O) groups is 8. The molecule has 23 heteroatoms. The molecule has 15 aromatic rings. The van der Waals surface area contributed by atoms with Crippen LogP contribution in [-0.2, 0) is 72.9 Å². The molecule has 5 aromatic heterocycles. The van der Waals surface area contributed by atoms with Crippen molar-refractivity contribution in [2.75, 3.05) is 30.4 Å².